The van der Waals surface area contributed by atoms with Gasteiger partial charge >= 0.3 is 5.97 Å². The van der Waals surface area contributed by atoms with Gasteiger partial charge in [0.05, 0.1) is 15.4 Å². The van der Waals surface area contributed by atoms with Crippen molar-refractivity contribution >= 4 is 40.7 Å². The second-order valence-electron chi connectivity index (χ2n) is 5.64. The molecule has 1 amide bonds. The van der Waals surface area contributed by atoms with Gasteiger partial charge in [0.25, 0.3) is 11.6 Å². The number of aryl methyl sites for hydroxylation is 1. The Kier molecular flexibility index (Phi) is 7.31. The molecule has 1 heterocycles. The van der Waals surface area contributed by atoms with E-state index >= 15 is 0 Å². The minimum atomic E-state index is -0.990. The highest BCUT2D eigenvalue weighted by molar-refractivity contribution is 8.01. The average molecular weight is 409 g/mol. The molecule has 2 aromatic rings. The summed E-state index contributed by atoms with van der Waals surface area (Å²) >= 11 is 2.55. The van der Waals surface area contributed by atoms with Crippen LogP contribution in [0, 0.1) is 17.0 Å². The molecular weight excluding hydrogens is 390 g/mol. The topological polar surface area (TPSA) is 111 Å². The zero-order valence-corrected chi connectivity index (χ0v) is 16.7. The zero-order valence-electron chi connectivity index (χ0n) is 15.1. The number of benzene rings is 1. The third-order valence-electron chi connectivity index (χ3n) is 3.39. The van der Waals surface area contributed by atoms with Crippen LogP contribution in [0.25, 0.3) is 0 Å². The molecule has 0 aliphatic rings. The summed E-state index contributed by atoms with van der Waals surface area (Å²) < 4.78 is 5.77. The predicted molar refractivity (Wildman–Crippen MR) is 102 cm³/mol. The lowest BCUT2D eigenvalue weighted by Crippen LogP contribution is -2.36. The van der Waals surface area contributed by atoms with Crippen LogP contribution in [0.5, 0.6) is 0 Å². The molecule has 8 nitrogen and oxygen atoms in total. The second-order valence-corrected chi connectivity index (χ2v) is 7.78. The van der Waals surface area contributed by atoms with E-state index in [1.807, 2.05) is 19.2 Å². The third-order valence-corrected chi connectivity index (χ3v) is 5.51. The van der Waals surface area contributed by atoms with Crippen molar-refractivity contribution in [3.8, 4) is 0 Å². The highest BCUT2D eigenvalue weighted by atomic mass is 32.2. The van der Waals surface area contributed by atoms with Gasteiger partial charge in [-0.05, 0) is 32.4 Å². The van der Waals surface area contributed by atoms with E-state index in [2.05, 4.69) is 10.3 Å². The molecule has 144 valence electrons. The molecule has 1 N–H and O–H groups in total. The molecule has 1 aromatic heterocycles. The first-order valence-electron chi connectivity index (χ1n) is 8.19. The number of aromatic nitrogens is 1. The number of nitrogens with one attached hydrogen (secondary N) is 1. The van der Waals surface area contributed by atoms with Gasteiger partial charge in [-0.1, -0.05) is 18.7 Å². The monoisotopic (exact) mass is 409 g/mol. The van der Waals surface area contributed by atoms with Crippen molar-refractivity contribution in [2.75, 3.05) is 6.54 Å². The molecule has 0 spiro atoms. The largest absolute Gasteiger partial charge is 0.449 e. The van der Waals surface area contributed by atoms with Crippen LogP contribution in [-0.4, -0.2) is 34.4 Å². The van der Waals surface area contributed by atoms with Gasteiger partial charge in [-0.15, -0.1) is 11.3 Å². The van der Waals surface area contributed by atoms with E-state index in [0.717, 1.165) is 29.9 Å². The summed E-state index contributed by atoms with van der Waals surface area (Å²) in [6.45, 7) is 5.68. The zero-order chi connectivity index (χ0) is 20.0. The number of carbonyl (C=O) groups is 2. The maximum atomic E-state index is 12.2. The molecule has 0 bridgehead atoms. The van der Waals surface area contributed by atoms with E-state index in [9.17, 15) is 19.7 Å². The van der Waals surface area contributed by atoms with Gasteiger partial charge < -0.3 is 10.1 Å². The minimum absolute atomic E-state index is 0.0107. The van der Waals surface area contributed by atoms with Gasteiger partial charge in [-0.3, -0.25) is 14.9 Å². The van der Waals surface area contributed by atoms with Crippen LogP contribution in [0.4, 0.5) is 5.69 Å². The Morgan fingerprint density at radius 3 is 2.78 bits per heavy atom. The van der Waals surface area contributed by atoms with Crippen LogP contribution in [0.1, 0.15) is 36.3 Å². The number of hydrogen-bond donors (Lipinski definition) is 1. The smallest absolute Gasteiger partial charge is 0.339 e. The fourth-order valence-corrected chi connectivity index (χ4v) is 3.90. The van der Waals surface area contributed by atoms with E-state index in [4.69, 9.17) is 4.74 Å². The molecule has 0 radical (unpaired) electrons. The number of ether oxygens (including phenoxy) is 1. The summed E-state index contributed by atoms with van der Waals surface area (Å²) in [5, 5.41) is 15.9. The molecule has 27 heavy (non-hydrogen) atoms. The van der Waals surface area contributed by atoms with Gasteiger partial charge in [-0.2, -0.15) is 0 Å². The van der Waals surface area contributed by atoms with Gasteiger partial charge in [0.15, 0.2) is 10.4 Å². The molecule has 10 heteroatoms. The van der Waals surface area contributed by atoms with Crippen LogP contribution < -0.4 is 5.32 Å². The normalized spacial score (nSPS) is 11.7. The summed E-state index contributed by atoms with van der Waals surface area (Å²) in [6, 6.07) is 4.08. The molecule has 0 saturated carbocycles. The van der Waals surface area contributed by atoms with Crippen molar-refractivity contribution in [3.05, 3.63) is 45.0 Å². The summed E-state index contributed by atoms with van der Waals surface area (Å²) in [7, 11) is 0. The SMILES string of the molecule is CCCNC(=O)[C@H](C)OC(=O)c1ccc(Sc2nc(C)cs2)c([N+](=O)[O-])c1. The number of carbonyl (C=O) groups excluding carboxylic acids is 2. The van der Waals surface area contributed by atoms with E-state index in [0.29, 0.717) is 15.8 Å². The van der Waals surface area contributed by atoms with Gasteiger partial charge in [0.1, 0.15) is 0 Å². The number of hydrogen-bond acceptors (Lipinski definition) is 8. The molecular formula is C17H19N3O5S2. The quantitative estimate of drug-likeness (QED) is 0.403. The summed E-state index contributed by atoms with van der Waals surface area (Å²) in [5.74, 6) is -1.20. The van der Waals surface area contributed by atoms with Crippen molar-refractivity contribution < 1.29 is 19.2 Å². The Hall–Kier alpha value is -2.46. The molecule has 1 atom stereocenters. The summed E-state index contributed by atoms with van der Waals surface area (Å²) in [6.07, 6.45) is -0.230. The van der Waals surface area contributed by atoms with Crippen LogP contribution in [0.2, 0.25) is 0 Å². The van der Waals surface area contributed by atoms with E-state index < -0.39 is 22.9 Å². The van der Waals surface area contributed by atoms with Crippen molar-refractivity contribution in [3.63, 3.8) is 0 Å². The molecule has 0 saturated heterocycles. The van der Waals surface area contributed by atoms with Crippen LogP contribution in [-0.2, 0) is 9.53 Å². The van der Waals surface area contributed by atoms with Gasteiger partial charge in [0.2, 0.25) is 0 Å². The lowest BCUT2D eigenvalue weighted by atomic mass is 10.2. The van der Waals surface area contributed by atoms with Crippen molar-refractivity contribution in [2.45, 2.75) is 42.5 Å². The third kappa shape index (κ3) is 5.76. The Bertz CT molecular complexity index is 853. The number of nitro groups is 1. The molecule has 0 fully saturated rings. The number of thiazole rings is 1. The van der Waals surface area contributed by atoms with Crippen LogP contribution in [0.15, 0.2) is 32.8 Å². The van der Waals surface area contributed by atoms with Crippen LogP contribution >= 0.6 is 23.1 Å². The molecule has 1 aromatic carbocycles. The highest BCUT2D eigenvalue weighted by Crippen LogP contribution is 2.36. The Labute approximate surface area is 164 Å². The van der Waals surface area contributed by atoms with Gasteiger partial charge in [-0.25, -0.2) is 9.78 Å². The first-order valence-corrected chi connectivity index (χ1v) is 9.88. The maximum absolute atomic E-state index is 12.2. The Morgan fingerprint density at radius 2 is 2.19 bits per heavy atom. The van der Waals surface area contributed by atoms with E-state index in [1.54, 1.807) is 0 Å². The van der Waals surface area contributed by atoms with Crippen molar-refractivity contribution in [1.29, 1.82) is 0 Å². The fourth-order valence-electron chi connectivity index (χ4n) is 2.02. The Balaban J connectivity index is 2.15. The maximum Gasteiger partial charge on any atom is 0.339 e. The van der Waals surface area contributed by atoms with Gasteiger partial charge in [0, 0.05) is 23.7 Å². The lowest BCUT2D eigenvalue weighted by molar-refractivity contribution is -0.387. The second kappa shape index (κ2) is 9.47. The average Bonchev–Trinajstić information content (AvgIpc) is 3.04. The fraction of sp³-hybridized carbons (Fsp3) is 0.353. The van der Waals surface area contributed by atoms with E-state index in [1.165, 1.54) is 30.4 Å². The predicted octanol–water partition coefficient (Wildman–Crippen LogP) is 3.58. The standard InChI is InChI=1S/C17H19N3O5S2/c1-4-7-18-15(21)11(3)25-16(22)12-5-6-14(13(8-12)20(23)24)27-17-19-10(2)9-26-17/h5-6,8-9,11H,4,7H2,1-3H3,(H,18,21)/t11-/m0/s1. The number of amides is 1. The molecule has 0 aliphatic carbocycles. The number of rotatable bonds is 8. The molecule has 0 unspecified atom stereocenters. The van der Waals surface area contributed by atoms with Crippen molar-refractivity contribution in [1.82, 2.24) is 10.3 Å². The van der Waals surface area contributed by atoms with E-state index in [-0.39, 0.29) is 11.3 Å². The number of nitro benzene ring substituents is 1. The van der Waals surface area contributed by atoms with Crippen molar-refractivity contribution in [2.24, 2.45) is 0 Å². The van der Waals surface area contributed by atoms with Crippen LogP contribution in [0.3, 0.4) is 0 Å². The highest BCUT2D eigenvalue weighted by Gasteiger charge is 2.23. The minimum Gasteiger partial charge on any atom is -0.449 e. The lowest BCUT2D eigenvalue weighted by Gasteiger charge is -2.13. The number of nitrogens with zero attached hydrogens (tertiary/aromatic N) is 2. The summed E-state index contributed by atoms with van der Waals surface area (Å²) in [5.41, 5.74) is 0.627. The molecule has 0 aliphatic heterocycles. The molecule has 2 rings (SSSR count). The summed E-state index contributed by atoms with van der Waals surface area (Å²) in [4.78, 5) is 39.5. The number of esters is 1. The first kappa shape index (κ1) is 20.8. The first-order chi connectivity index (χ1) is 12.8. The Morgan fingerprint density at radius 1 is 1.44 bits per heavy atom.